The molecule has 0 bridgehead atoms. The third-order valence-corrected chi connectivity index (χ3v) is 2.64. The maximum absolute atomic E-state index is 11.6. The van der Waals surface area contributed by atoms with Gasteiger partial charge in [-0.2, -0.15) is 0 Å². The number of rotatable bonds is 5. The highest BCUT2D eigenvalue weighted by Crippen LogP contribution is 2.16. The summed E-state index contributed by atoms with van der Waals surface area (Å²) >= 11 is 5.15. The van der Waals surface area contributed by atoms with Crippen molar-refractivity contribution >= 4 is 28.9 Å². The zero-order valence-electron chi connectivity index (χ0n) is 11.3. The molecule has 3 N–H and O–H groups in total. The number of ether oxygens (including phenoxy) is 1. The summed E-state index contributed by atoms with van der Waals surface area (Å²) in [5, 5.41) is 9.04. The number of anilines is 1. The van der Waals surface area contributed by atoms with Gasteiger partial charge in [-0.25, -0.2) is 0 Å². The average Bonchev–Trinajstić information content (AvgIpc) is 2.39. The van der Waals surface area contributed by atoms with Crippen molar-refractivity contribution < 1.29 is 9.53 Å². The number of hydrogen-bond donors (Lipinski definition) is 3. The summed E-state index contributed by atoms with van der Waals surface area (Å²) in [7, 11) is 1.60. The van der Waals surface area contributed by atoms with Gasteiger partial charge in [-0.3, -0.25) is 4.79 Å². The molecule has 19 heavy (non-hydrogen) atoms. The molecule has 1 amide bonds. The van der Waals surface area contributed by atoms with Crippen LogP contribution in [0.4, 0.5) is 5.69 Å². The summed E-state index contributed by atoms with van der Waals surface area (Å²) in [5.74, 6) is 0.655. The molecule has 1 atom stereocenters. The second-order valence-electron chi connectivity index (χ2n) is 3.95. The molecule has 6 heteroatoms. The van der Waals surface area contributed by atoms with Gasteiger partial charge in [0.15, 0.2) is 5.11 Å². The summed E-state index contributed by atoms with van der Waals surface area (Å²) in [6.07, 6.45) is 0. The van der Waals surface area contributed by atoms with Gasteiger partial charge in [0.1, 0.15) is 11.8 Å². The molecule has 0 heterocycles. The van der Waals surface area contributed by atoms with E-state index in [-0.39, 0.29) is 11.9 Å². The van der Waals surface area contributed by atoms with Gasteiger partial charge in [0.25, 0.3) is 0 Å². The lowest BCUT2D eigenvalue weighted by molar-refractivity contribution is -0.122. The van der Waals surface area contributed by atoms with Crippen LogP contribution in [0, 0.1) is 0 Å². The van der Waals surface area contributed by atoms with Crippen molar-refractivity contribution in [3.05, 3.63) is 24.3 Å². The summed E-state index contributed by atoms with van der Waals surface area (Å²) in [4.78, 5) is 11.6. The predicted octanol–water partition coefficient (Wildman–Crippen LogP) is 1.51. The van der Waals surface area contributed by atoms with Crippen molar-refractivity contribution in [3.63, 3.8) is 0 Å². The van der Waals surface area contributed by atoms with E-state index >= 15 is 0 Å². The highest BCUT2D eigenvalue weighted by Gasteiger charge is 2.12. The fourth-order valence-electron chi connectivity index (χ4n) is 1.46. The molecule has 1 aromatic rings. The topological polar surface area (TPSA) is 62.4 Å². The molecule has 0 saturated carbocycles. The molecule has 0 spiro atoms. The Morgan fingerprint density at radius 3 is 2.84 bits per heavy atom. The van der Waals surface area contributed by atoms with Crippen LogP contribution >= 0.6 is 12.2 Å². The minimum absolute atomic E-state index is 0.0858. The lowest BCUT2D eigenvalue weighted by Gasteiger charge is -2.16. The Kier molecular flexibility index (Phi) is 6.08. The van der Waals surface area contributed by atoms with Crippen LogP contribution in [0.15, 0.2) is 24.3 Å². The number of likely N-dealkylation sites (N-methyl/N-ethyl adjacent to an activating group) is 1. The maximum Gasteiger partial charge on any atom is 0.242 e. The van der Waals surface area contributed by atoms with Crippen LogP contribution in [0.25, 0.3) is 0 Å². The second-order valence-corrected chi connectivity index (χ2v) is 4.35. The lowest BCUT2D eigenvalue weighted by atomic mass is 10.3. The van der Waals surface area contributed by atoms with E-state index in [0.717, 1.165) is 11.4 Å². The summed E-state index contributed by atoms with van der Waals surface area (Å²) in [6, 6.07) is 7.01. The van der Waals surface area contributed by atoms with Crippen molar-refractivity contribution in [2.45, 2.75) is 19.9 Å². The second kappa shape index (κ2) is 7.58. The number of carbonyl (C=O) groups is 1. The fourth-order valence-corrected chi connectivity index (χ4v) is 1.75. The Balaban J connectivity index is 2.52. The molecule has 0 saturated heterocycles. The maximum atomic E-state index is 11.6. The van der Waals surface area contributed by atoms with E-state index in [1.807, 2.05) is 31.2 Å². The van der Waals surface area contributed by atoms with E-state index in [2.05, 4.69) is 16.0 Å². The van der Waals surface area contributed by atoms with E-state index in [1.54, 1.807) is 14.0 Å². The van der Waals surface area contributed by atoms with Gasteiger partial charge in [-0.1, -0.05) is 6.07 Å². The number of amides is 1. The van der Waals surface area contributed by atoms with Crippen LogP contribution in [0.1, 0.15) is 13.8 Å². The van der Waals surface area contributed by atoms with Crippen LogP contribution in [-0.4, -0.2) is 30.7 Å². The molecule has 1 rings (SSSR count). The van der Waals surface area contributed by atoms with Crippen molar-refractivity contribution in [2.75, 3.05) is 19.0 Å². The molecule has 0 aliphatic rings. The number of thiocarbonyl (C=S) groups is 1. The van der Waals surface area contributed by atoms with Crippen LogP contribution in [0.5, 0.6) is 5.75 Å². The molecular formula is C13H19N3O2S. The first-order chi connectivity index (χ1) is 9.06. The van der Waals surface area contributed by atoms with Crippen molar-refractivity contribution in [3.8, 4) is 5.75 Å². The number of methoxy groups -OCH3 is 1. The smallest absolute Gasteiger partial charge is 0.242 e. The Bertz CT molecular complexity index is 451. The first-order valence-electron chi connectivity index (χ1n) is 6.06. The van der Waals surface area contributed by atoms with Crippen LogP contribution in [0.2, 0.25) is 0 Å². The Morgan fingerprint density at radius 2 is 2.21 bits per heavy atom. The highest BCUT2D eigenvalue weighted by molar-refractivity contribution is 7.80. The largest absolute Gasteiger partial charge is 0.497 e. The Labute approximate surface area is 118 Å². The van der Waals surface area contributed by atoms with Gasteiger partial charge in [-0.05, 0) is 38.2 Å². The molecule has 5 nitrogen and oxygen atoms in total. The molecule has 104 valence electrons. The van der Waals surface area contributed by atoms with E-state index in [0.29, 0.717) is 11.7 Å². The first-order valence-corrected chi connectivity index (χ1v) is 6.47. The van der Waals surface area contributed by atoms with Gasteiger partial charge in [0.2, 0.25) is 5.91 Å². The number of nitrogens with one attached hydrogen (secondary N) is 3. The van der Waals surface area contributed by atoms with Crippen molar-refractivity contribution in [1.82, 2.24) is 10.6 Å². The van der Waals surface area contributed by atoms with Gasteiger partial charge >= 0.3 is 0 Å². The molecule has 0 aliphatic carbocycles. The number of benzene rings is 1. The number of hydrogen-bond acceptors (Lipinski definition) is 3. The SMILES string of the molecule is CCNC(=O)[C@H](C)NC(=S)Nc1cccc(OC)c1. The quantitative estimate of drug-likeness (QED) is 0.714. The van der Waals surface area contributed by atoms with E-state index in [1.165, 1.54) is 0 Å². The van der Waals surface area contributed by atoms with Gasteiger partial charge in [-0.15, -0.1) is 0 Å². The third-order valence-electron chi connectivity index (χ3n) is 2.42. The minimum atomic E-state index is -0.384. The Morgan fingerprint density at radius 1 is 1.47 bits per heavy atom. The molecule has 0 fully saturated rings. The average molecular weight is 281 g/mol. The van der Waals surface area contributed by atoms with Crippen molar-refractivity contribution in [2.24, 2.45) is 0 Å². The van der Waals surface area contributed by atoms with E-state index in [4.69, 9.17) is 17.0 Å². The van der Waals surface area contributed by atoms with Gasteiger partial charge in [0.05, 0.1) is 7.11 Å². The predicted molar refractivity (Wildman–Crippen MR) is 80.5 cm³/mol. The zero-order chi connectivity index (χ0) is 14.3. The minimum Gasteiger partial charge on any atom is -0.497 e. The van der Waals surface area contributed by atoms with Crippen LogP contribution < -0.4 is 20.7 Å². The zero-order valence-corrected chi connectivity index (χ0v) is 12.1. The molecular weight excluding hydrogens is 262 g/mol. The monoisotopic (exact) mass is 281 g/mol. The van der Waals surface area contributed by atoms with Gasteiger partial charge < -0.3 is 20.7 Å². The molecule has 0 aliphatic heterocycles. The van der Waals surface area contributed by atoms with Crippen molar-refractivity contribution in [1.29, 1.82) is 0 Å². The normalized spacial score (nSPS) is 11.3. The number of carbonyl (C=O) groups excluding carboxylic acids is 1. The van der Waals surface area contributed by atoms with Crippen LogP contribution in [-0.2, 0) is 4.79 Å². The summed E-state index contributed by atoms with van der Waals surface area (Å²) in [6.45, 7) is 4.23. The van der Waals surface area contributed by atoms with Gasteiger partial charge in [0, 0.05) is 18.3 Å². The Hall–Kier alpha value is -1.82. The summed E-state index contributed by atoms with van der Waals surface area (Å²) < 4.78 is 5.12. The molecule has 1 aromatic carbocycles. The molecule has 0 unspecified atom stereocenters. The highest BCUT2D eigenvalue weighted by atomic mass is 32.1. The fraction of sp³-hybridized carbons (Fsp3) is 0.385. The summed E-state index contributed by atoms with van der Waals surface area (Å²) in [5.41, 5.74) is 0.806. The van der Waals surface area contributed by atoms with Crippen LogP contribution in [0.3, 0.4) is 0 Å². The molecule has 0 aromatic heterocycles. The first kappa shape index (κ1) is 15.2. The molecule has 0 radical (unpaired) electrons. The standard InChI is InChI=1S/C13H19N3O2S/c1-4-14-12(17)9(2)15-13(19)16-10-6-5-7-11(8-10)18-3/h5-9H,4H2,1-3H3,(H,14,17)(H2,15,16,19)/t9-/m0/s1. The third kappa shape index (κ3) is 5.13. The van der Waals surface area contributed by atoms with E-state index < -0.39 is 0 Å². The lowest BCUT2D eigenvalue weighted by Crippen LogP contribution is -2.46. The van der Waals surface area contributed by atoms with E-state index in [9.17, 15) is 4.79 Å².